The van der Waals surface area contributed by atoms with Crippen molar-refractivity contribution in [2.24, 2.45) is 5.10 Å². The van der Waals surface area contributed by atoms with Crippen molar-refractivity contribution in [3.05, 3.63) is 125 Å². The SMILES string of the molecule is Cc1ccc(-c2nn(-c3ccccc3)cc2[C@@H]2CC(c3cccs3)=NN2C(=S)Nc2ccccc2)cc1. The summed E-state index contributed by atoms with van der Waals surface area (Å²) in [4.78, 5) is 1.15. The van der Waals surface area contributed by atoms with Gasteiger partial charge in [0.15, 0.2) is 5.11 Å². The van der Waals surface area contributed by atoms with Crippen LogP contribution in [0.3, 0.4) is 0 Å². The van der Waals surface area contributed by atoms with E-state index in [-0.39, 0.29) is 6.04 Å². The summed E-state index contributed by atoms with van der Waals surface area (Å²) in [5, 5.41) is 18.1. The predicted octanol–water partition coefficient (Wildman–Crippen LogP) is 7.46. The van der Waals surface area contributed by atoms with Gasteiger partial charge in [-0.2, -0.15) is 10.2 Å². The average Bonchev–Trinajstić information content (AvgIpc) is 3.70. The molecule has 0 bridgehead atoms. The highest BCUT2D eigenvalue weighted by molar-refractivity contribution is 7.80. The van der Waals surface area contributed by atoms with Gasteiger partial charge in [-0.3, -0.25) is 0 Å². The molecule has 37 heavy (non-hydrogen) atoms. The monoisotopic (exact) mass is 519 g/mol. The van der Waals surface area contributed by atoms with E-state index >= 15 is 0 Å². The minimum absolute atomic E-state index is 0.102. The standard InChI is InChI=1S/C30H25N5S2/c1-21-14-16-22(17-15-21)29-25(20-34(33-29)24-11-6-3-7-12-24)27-19-26(28-13-8-18-37-28)32-35(27)30(36)31-23-9-4-2-5-10-23/h2-18,20,27H,19H2,1H3,(H,31,36)/t27-/m0/s1. The number of para-hydroxylation sites is 2. The van der Waals surface area contributed by atoms with E-state index in [2.05, 4.69) is 72.3 Å². The number of nitrogens with zero attached hydrogens (tertiary/aromatic N) is 4. The minimum Gasteiger partial charge on any atom is -0.331 e. The molecule has 0 radical (unpaired) electrons. The highest BCUT2D eigenvalue weighted by atomic mass is 32.1. The minimum atomic E-state index is -0.102. The van der Waals surface area contributed by atoms with E-state index in [4.69, 9.17) is 22.4 Å². The fourth-order valence-electron chi connectivity index (χ4n) is 4.51. The van der Waals surface area contributed by atoms with E-state index in [1.165, 1.54) is 5.56 Å². The van der Waals surface area contributed by atoms with Crippen LogP contribution in [0.2, 0.25) is 0 Å². The summed E-state index contributed by atoms with van der Waals surface area (Å²) in [5.74, 6) is 0. The number of benzene rings is 3. The molecule has 0 aliphatic carbocycles. The van der Waals surface area contributed by atoms with Crippen LogP contribution in [0.15, 0.2) is 114 Å². The van der Waals surface area contributed by atoms with Gasteiger partial charge in [0.2, 0.25) is 0 Å². The van der Waals surface area contributed by atoms with E-state index in [9.17, 15) is 0 Å². The molecular weight excluding hydrogens is 494 g/mol. The van der Waals surface area contributed by atoms with Gasteiger partial charge in [-0.25, -0.2) is 9.69 Å². The molecule has 5 nitrogen and oxygen atoms in total. The number of hydrogen-bond donors (Lipinski definition) is 1. The van der Waals surface area contributed by atoms with Crippen LogP contribution < -0.4 is 5.32 Å². The lowest BCUT2D eigenvalue weighted by atomic mass is 9.98. The van der Waals surface area contributed by atoms with Gasteiger partial charge in [-0.15, -0.1) is 11.3 Å². The number of rotatable bonds is 5. The van der Waals surface area contributed by atoms with Crippen molar-refractivity contribution in [1.82, 2.24) is 14.8 Å². The fourth-order valence-corrected chi connectivity index (χ4v) is 5.52. The molecule has 1 aliphatic rings. The van der Waals surface area contributed by atoms with Crippen LogP contribution in [0, 0.1) is 6.92 Å². The van der Waals surface area contributed by atoms with Gasteiger partial charge in [0.1, 0.15) is 0 Å². The summed E-state index contributed by atoms with van der Waals surface area (Å²) in [7, 11) is 0. The third kappa shape index (κ3) is 4.83. The van der Waals surface area contributed by atoms with Crippen molar-refractivity contribution < 1.29 is 0 Å². The van der Waals surface area contributed by atoms with Crippen molar-refractivity contribution in [3.8, 4) is 16.9 Å². The van der Waals surface area contributed by atoms with E-state index < -0.39 is 0 Å². The number of thiophene rings is 1. The highest BCUT2D eigenvalue weighted by Gasteiger charge is 2.35. The van der Waals surface area contributed by atoms with Crippen molar-refractivity contribution in [2.45, 2.75) is 19.4 Å². The lowest BCUT2D eigenvalue weighted by Crippen LogP contribution is -2.31. The number of thiocarbonyl (C=S) groups is 1. The molecular formula is C30H25N5S2. The second kappa shape index (κ2) is 10.1. The van der Waals surface area contributed by atoms with Crippen molar-refractivity contribution in [3.63, 3.8) is 0 Å². The zero-order valence-corrected chi connectivity index (χ0v) is 21.9. The van der Waals surface area contributed by atoms with Crippen molar-refractivity contribution in [2.75, 3.05) is 5.32 Å². The quantitative estimate of drug-likeness (QED) is 0.245. The molecule has 0 saturated carbocycles. The van der Waals surface area contributed by atoms with Gasteiger partial charge in [-0.1, -0.05) is 72.3 Å². The molecule has 0 saturated heterocycles. The number of hydrazone groups is 1. The number of aromatic nitrogens is 2. The molecule has 1 atom stereocenters. The van der Waals surface area contributed by atoms with Crippen molar-refractivity contribution >= 4 is 40.1 Å². The summed E-state index contributed by atoms with van der Waals surface area (Å²) >= 11 is 7.61. The van der Waals surface area contributed by atoms with Gasteiger partial charge in [0, 0.05) is 29.4 Å². The maximum absolute atomic E-state index is 5.92. The molecule has 0 amide bonds. The van der Waals surface area contributed by atoms with Gasteiger partial charge >= 0.3 is 0 Å². The summed E-state index contributed by atoms with van der Waals surface area (Å²) in [6.07, 6.45) is 2.86. The largest absolute Gasteiger partial charge is 0.331 e. The van der Waals surface area contributed by atoms with E-state index in [1.807, 2.05) is 58.2 Å². The summed E-state index contributed by atoms with van der Waals surface area (Å²) in [6.45, 7) is 2.10. The Morgan fingerprint density at radius 3 is 2.35 bits per heavy atom. The molecule has 0 spiro atoms. The van der Waals surface area contributed by atoms with Crippen LogP contribution in [0.5, 0.6) is 0 Å². The van der Waals surface area contributed by atoms with Gasteiger partial charge in [0.25, 0.3) is 0 Å². The first kappa shape index (κ1) is 23.3. The Hall–Kier alpha value is -4.07. The number of aryl methyl sites for hydroxylation is 1. The van der Waals surface area contributed by atoms with E-state index in [0.29, 0.717) is 5.11 Å². The molecule has 6 rings (SSSR count). The predicted molar refractivity (Wildman–Crippen MR) is 156 cm³/mol. The molecule has 5 aromatic rings. The zero-order valence-electron chi connectivity index (χ0n) is 20.3. The molecule has 182 valence electrons. The Morgan fingerprint density at radius 1 is 0.919 bits per heavy atom. The van der Waals surface area contributed by atoms with Gasteiger partial charge < -0.3 is 5.32 Å². The second-order valence-electron chi connectivity index (χ2n) is 8.96. The Kier molecular flexibility index (Phi) is 6.39. The molecule has 3 heterocycles. The van der Waals surface area contributed by atoms with E-state index in [1.54, 1.807) is 11.3 Å². The van der Waals surface area contributed by atoms with Crippen molar-refractivity contribution in [1.29, 1.82) is 0 Å². The normalized spacial score (nSPS) is 15.0. The number of hydrogen-bond acceptors (Lipinski definition) is 4. The second-order valence-corrected chi connectivity index (χ2v) is 10.3. The highest BCUT2D eigenvalue weighted by Crippen LogP contribution is 2.39. The smallest absolute Gasteiger partial charge is 0.194 e. The number of anilines is 1. The topological polar surface area (TPSA) is 45.5 Å². The summed E-state index contributed by atoms with van der Waals surface area (Å²) in [5.41, 5.74) is 7.28. The Bertz CT molecular complexity index is 1540. The summed E-state index contributed by atoms with van der Waals surface area (Å²) < 4.78 is 1.96. The molecule has 3 aromatic carbocycles. The van der Waals surface area contributed by atoms with E-state index in [0.717, 1.165) is 45.2 Å². The fraction of sp³-hybridized carbons (Fsp3) is 0.100. The van der Waals surface area contributed by atoms with Crippen LogP contribution >= 0.6 is 23.6 Å². The Labute approximate surface area is 225 Å². The average molecular weight is 520 g/mol. The third-order valence-corrected chi connectivity index (χ3v) is 7.60. The third-order valence-electron chi connectivity index (χ3n) is 6.40. The van der Waals surface area contributed by atoms with Gasteiger partial charge in [-0.05, 0) is 54.9 Å². The van der Waals surface area contributed by atoms with Crippen LogP contribution in [0.4, 0.5) is 5.69 Å². The Balaban J connectivity index is 1.44. The zero-order chi connectivity index (χ0) is 25.2. The molecule has 2 aromatic heterocycles. The van der Waals surface area contributed by atoms with Crippen LogP contribution in [0.1, 0.15) is 28.5 Å². The van der Waals surface area contributed by atoms with Crippen LogP contribution in [-0.4, -0.2) is 25.6 Å². The lowest BCUT2D eigenvalue weighted by molar-refractivity contribution is 0.376. The molecule has 7 heteroatoms. The first-order valence-electron chi connectivity index (χ1n) is 12.1. The first-order chi connectivity index (χ1) is 18.2. The molecule has 1 aliphatic heterocycles. The maximum Gasteiger partial charge on any atom is 0.194 e. The lowest BCUT2D eigenvalue weighted by Gasteiger charge is -2.24. The number of nitrogens with one attached hydrogen (secondary N) is 1. The maximum atomic E-state index is 5.92. The van der Waals surface area contributed by atoms with Gasteiger partial charge in [0.05, 0.1) is 28.0 Å². The van der Waals surface area contributed by atoms with Crippen LogP contribution in [-0.2, 0) is 0 Å². The molecule has 0 unspecified atom stereocenters. The summed E-state index contributed by atoms with van der Waals surface area (Å²) in [6, 6.07) is 32.8. The first-order valence-corrected chi connectivity index (χ1v) is 13.4. The Morgan fingerprint density at radius 2 is 1.65 bits per heavy atom. The molecule has 1 N–H and O–H groups in total. The molecule has 0 fully saturated rings. The van der Waals surface area contributed by atoms with Crippen LogP contribution in [0.25, 0.3) is 16.9 Å².